The lowest BCUT2D eigenvalue weighted by atomic mass is 10.2. The zero-order chi connectivity index (χ0) is 13.5. The van der Waals surface area contributed by atoms with Crippen LogP contribution in [0.4, 0.5) is 0 Å². The molecule has 118 valence electrons. The topological polar surface area (TPSA) is 37.2 Å². The van der Waals surface area contributed by atoms with Gasteiger partial charge in [-0.05, 0) is 50.8 Å². The van der Waals surface area contributed by atoms with Crippen LogP contribution in [0.3, 0.4) is 0 Å². The maximum absolute atomic E-state index is 5.97. The summed E-state index contributed by atoms with van der Waals surface area (Å²) in [5.74, 6) is 1.80. The summed E-state index contributed by atoms with van der Waals surface area (Å²) in [6.45, 7) is 2.76. The third-order valence-electron chi connectivity index (χ3n) is 2.85. The molecule has 0 fully saturated rings. The van der Waals surface area contributed by atoms with Gasteiger partial charge in [-0.3, -0.25) is 0 Å². The molecule has 0 atom stereocenters. The van der Waals surface area contributed by atoms with Crippen LogP contribution in [0.5, 0.6) is 0 Å². The maximum atomic E-state index is 5.97. The molecule has 1 aromatic carbocycles. The normalized spacial score (nSPS) is 9.81. The average Bonchev–Trinajstić information content (AvgIpc) is 2.87. The Kier molecular flexibility index (Phi) is 10.6. The average molecular weight is 352 g/mol. The van der Waals surface area contributed by atoms with Gasteiger partial charge in [0, 0.05) is 10.6 Å². The van der Waals surface area contributed by atoms with Gasteiger partial charge in [0.05, 0.1) is 6.54 Å². The third-order valence-corrected chi connectivity index (χ3v) is 3.09. The first-order valence-electron chi connectivity index (χ1n) is 6.49. The van der Waals surface area contributed by atoms with Crippen LogP contribution in [0.1, 0.15) is 12.2 Å². The minimum atomic E-state index is 0. The maximum Gasteiger partial charge on any atom is 0.134 e. The Bertz CT molecular complexity index is 517. The van der Waals surface area contributed by atoms with Crippen LogP contribution in [0.25, 0.3) is 11.3 Å². The Hall–Kier alpha value is -0.710. The van der Waals surface area contributed by atoms with E-state index in [9.17, 15) is 0 Å². The second-order valence-electron chi connectivity index (χ2n) is 4.41. The summed E-state index contributed by atoms with van der Waals surface area (Å²) in [7, 11) is 1.96. The van der Waals surface area contributed by atoms with Crippen LogP contribution in [0.15, 0.2) is 40.8 Å². The second-order valence-corrected chi connectivity index (χ2v) is 4.85. The number of rotatable bonds is 7. The van der Waals surface area contributed by atoms with Gasteiger partial charge in [0.25, 0.3) is 0 Å². The van der Waals surface area contributed by atoms with E-state index in [2.05, 4.69) is 10.6 Å². The number of furan rings is 1. The number of hydrogen-bond acceptors (Lipinski definition) is 3. The first kappa shape index (κ1) is 20.3. The van der Waals surface area contributed by atoms with E-state index in [1.807, 2.05) is 43.4 Å². The highest BCUT2D eigenvalue weighted by Crippen LogP contribution is 2.24. The zero-order valence-corrected chi connectivity index (χ0v) is 14.3. The first-order valence-corrected chi connectivity index (χ1v) is 6.87. The van der Waals surface area contributed by atoms with E-state index < -0.39 is 0 Å². The van der Waals surface area contributed by atoms with Crippen molar-refractivity contribution in [2.45, 2.75) is 13.0 Å². The van der Waals surface area contributed by atoms with Gasteiger partial charge in [-0.2, -0.15) is 0 Å². The monoisotopic (exact) mass is 350 g/mol. The summed E-state index contributed by atoms with van der Waals surface area (Å²) < 4.78 is 5.79. The molecule has 2 N–H and O–H groups in total. The van der Waals surface area contributed by atoms with Crippen LogP contribution in [0.2, 0.25) is 5.02 Å². The fourth-order valence-corrected chi connectivity index (χ4v) is 2.06. The van der Waals surface area contributed by atoms with Crippen molar-refractivity contribution in [1.82, 2.24) is 10.6 Å². The molecule has 2 rings (SSSR count). The van der Waals surface area contributed by atoms with E-state index in [0.717, 1.165) is 48.2 Å². The highest BCUT2D eigenvalue weighted by atomic mass is 35.5. The molecule has 21 heavy (non-hydrogen) atoms. The summed E-state index contributed by atoms with van der Waals surface area (Å²) in [4.78, 5) is 0. The molecule has 0 bridgehead atoms. The van der Waals surface area contributed by atoms with Gasteiger partial charge in [0.15, 0.2) is 0 Å². The van der Waals surface area contributed by atoms with Crippen LogP contribution in [-0.2, 0) is 6.54 Å². The van der Waals surface area contributed by atoms with Gasteiger partial charge >= 0.3 is 0 Å². The van der Waals surface area contributed by atoms with Crippen molar-refractivity contribution >= 4 is 36.4 Å². The van der Waals surface area contributed by atoms with E-state index in [4.69, 9.17) is 16.0 Å². The highest BCUT2D eigenvalue weighted by Gasteiger charge is 2.04. The number of halogens is 3. The Morgan fingerprint density at radius 3 is 2.62 bits per heavy atom. The molecule has 0 saturated carbocycles. The fraction of sp³-hybridized carbons (Fsp3) is 0.333. The van der Waals surface area contributed by atoms with Gasteiger partial charge in [-0.1, -0.05) is 23.7 Å². The summed E-state index contributed by atoms with van der Waals surface area (Å²) in [5.41, 5.74) is 1.01. The molecule has 6 heteroatoms. The Labute approximate surface area is 143 Å². The number of benzene rings is 1. The molecule has 1 aromatic heterocycles. The standard InChI is InChI=1S/C15H19ClN2O.2ClH/c1-17-8-3-9-18-11-14-6-7-15(19-14)12-4-2-5-13(16)10-12;;/h2,4-7,10,17-18H,3,8-9,11H2,1H3;2*1H. The number of hydrogen-bond donors (Lipinski definition) is 2. The van der Waals surface area contributed by atoms with Crippen LogP contribution >= 0.6 is 36.4 Å². The molecule has 0 spiro atoms. The van der Waals surface area contributed by atoms with Gasteiger partial charge in [0.2, 0.25) is 0 Å². The molecule has 0 radical (unpaired) electrons. The number of nitrogens with one attached hydrogen (secondary N) is 2. The SMILES string of the molecule is CNCCCNCc1ccc(-c2cccc(Cl)c2)o1.Cl.Cl. The van der Waals surface area contributed by atoms with E-state index in [0.29, 0.717) is 0 Å². The van der Waals surface area contributed by atoms with E-state index in [1.165, 1.54) is 0 Å². The predicted octanol–water partition coefficient (Wildman–Crippen LogP) is 4.14. The molecule has 3 nitrogen and oxygen atoms in total. The Morgan fingerprint density at radius 1 is 1.10 bits per heavy atom. The molecular formula is C15H21Cl3N2O. The van der Waals surface area contributed by atoms with Crippen LogP contribution in [0, 0.1) is 0 Å². The van der Waals surface area contributed by atoms with Crippen molar-refractivity contribution in [3.05, 3.63) is 47.2 Å². The van der Waals surface area contributed by atoms with E-state index >= 15 is 0 Å². The smallest absolute Gasteiger partial charge is 0.134 e. The fourth-order valence-electron chi connectivity index (χ4n) is 1.87. The van der Waals surface area contributed by atoms with Gasteiger partial charge < -0.3 is 15.1 Å². The lowest BCUT2D eigenvalue weighted by Crippen LogP contribution is -2.19. The summed E-state index contributed by atoms with van der Waals surface area (Å²) in [6.07, 6.45) is 1.11. The summed E-state index contributed by atoms with van der Waals surface area (Å²) in [5, 5.41) is 7.20. The Morgan fingerprint density at radius 2 is 1.90 bits per heavy atom. The molecule has 0 unspecified atom stereocenters. The minimum absolute atomic E-state index is 0. The second kappa shape index (κ2) is 10.9. The van der Waals surface area contributed by atoms with E-state index in [1.54, 1.807) is 0 Å². The first-order chi connectivity index (χ1) is 9.29. The van der Waals surface area contributed by atoms with E-state index in [-0.39, 0.29) is 24.8 Å². The molecule has 0 aliphatic carbocycles. The summed E-state index contributed by atoms with van der Waals surface area (Å²) >= 11 is 5.97. The van der Waals surface area contributed by atoms with Crippen molar-refractivity contribution in [2.75, 3.05) is 20.1 Å². The van der Waals surface area contributed by atoms with Crippen molar-refractivity contribution in [3.8, 4) is 11.3 Å². The molecule has 2 aromatic rings. The molecule has 0 amide bonds. The predicted molar refractivity (Wildman–Crippen MR) is 93.9 cm³/mol. The van der Waals surface area contributed by atoms with Crippen molar-refractivity contribution in [3.63, 3.8) is 0 Å². The van der Waals surface area contributed by atoms with Crippen molar-refractivity contribution < 1.29 is 4.42 Å². The summed E-state index contributed by atoms with van der Waals surface area (Å²) in [6, 6.07) is 11.7. The zero-order valence-electron chi connectivity index (χ0n) is 11.9. The minimum Gasteiger partial charge on any atom is -0.460 e. The lowest BCUT2D eigenvalue weighted by Gasteiger charge is -2.02. The molecule has 1 heterocycles. The highest BCUT2D eigenvalue weighted by molar-refractivity contribution is 6.30. The largest absolute Gasteiger partial charge is 0.460 e. The van der Waals surface area contributed by atoms with Gasteiger partial charge in [-0.15, -0.1) is 24.8 Å². The van der Waals surface area contributed by atoms with Crippen LogP contribution < -0.4 is 10.6 Å². The van der Waals surface area contributed by atoms with Crippen LogP contribution in [-0.4, -0.2) is 20.1 Å². The molecule has 0 aliphatic rings. The lowest BCUT2D eigenvalue weighted by molar-refractivity contribution is 0.490. The Balaban J connectivity index is 0.00000200. The van der Waals surface area contributed by atoms with Crippen molar-refractivity contribution in [1.29, 1.82) is 0 Å². The molecular weight excluding hydrogens is 331 g/mol. The molecule has 0 aliphatic heterocycles. The molecule has 0 saturated heterocycles. The third kappa shape index (κ3) is 6.72. The van der Waals surface area contributed by atoms with Gasteiger partial charge in [-0.25, -0.2) is 0 Å². The quantitative estimate of drug-likeness (QED) is 0.736. The van der Waals surface area contributed by atoms with Crippen molar-refractivity contribution in [2.24, 2.45) is 0 Å². The van der Waals surface area contributed by atoms with Gasteiger partial charge in [0.1, 0.15) is 11.5 Å².